The van der Waals surface area contributed by atoms with E-state index in [1.54, 1.807) is 11.1 Å². The van der Waals surface area contributed by atoms with Crippen molar-refractivity contribution in [3.05, 3.63) is 11.1 Å². The van der Waals surface area contributed by atoms with Gasteiger partial charge in [-0.15, -0.1) is 0 Å². The van der Waals surface area contributed by atoms with Crippen molar-refractivity contribution in [2.24, 2.45) is 0 Å². The van der Waals surface area contributed by atoms with E-state index in [1.807, 2.05) is 0 Å². The van der Waals surface area contributed by atoms with Gasteiger partial charge in [0.2, 0.25) is 0 Å². The van der Waals surface area contributed by atoms with Crippen LogP contribution >= 0.6 is 0 Å². The highest BCUT2D eigenvalue weighted by molar-refractivity contribution is 5.26. The van der Waals surface area contributed by atoms with Crippen LogP contribution in [0.3, 0.4) is 0 Å². The van der Waals surface area contributed by atoms with Gasteiger partial charge in [-0.2, -0.15) is 0 Å². The molecule has 0 aromatic rings. The van der Waals surface area contributed by atoms with Crippen LogP contribution in [0.15, 0.2) is 11.1 Å². The SMILES string of the molecule is CN(C)C1CC2=C(CCC2)C1. The Bertz CT molecular complexity index is 175. The van der Waals surface area contributed by atoms with Crippen LogP contribution in [0.25, 0.3) is 0 Å². The van der Waals surface area contributed by atoms with E-state index in [4.69, 9.17) is 0 Å². The average molecular weight is 151 g/mol. The molecule has 2 aliphatic carbocycles. The third-order valence-electron chi connectivity index (χ3n) is 3.15. The summed E-state index contributed by atoms with van der Waals surface area (Å²) in [5, 5.41) is 0. The Hall–Kier alpha value is -0.300. The van der Waals surface area contributed by atoms with Crippen molar-refractivity contribution in [1.82, 2.24) is 4.90 Å². The fraction of sp³-hybridized carbons (Fsp3) is 0.800. The zero-order valence-corrected chi connectivity index (χ0v) is 7.56. The fourth-order valence-corrected chi connectivity index (χ4v) is 2.37. The third-order valence-corrected chi connectivity index (χ3v) is 3.15. The first-order valence-electron chi connectivity index (χ1n) is 4.63. The molecule has 1 heteroatoms. The van der Waals surface area contributed by atoms with Gasteiger partial charge in [0.25, 0.3) is 0 Å². The molecule has 0 saturated heterocycles. The first kappa shape index (κ1) is 7.35. The van der Waals surface area contributed by atoms with Gasteiger partial charge in [-0.3, -0.25) is 0 Å². The van der Waals surface area contributed by atoms with Gasteiger partial charge in [-0.25, -0.2) is 0 Å². The minimum atomic E-state index is 0.834. The molecule has 0 unspecified atom stereocenters. The molecule has 0 amide bonds. The number of nitrogens with zero attached hydrogens (tertiary/aromatic N) is 1. The Morgan fingerprint density at radius 3 is 2.09 bits per heavy atom. The Kier molecular flexibility index (Phi) is 1.76. The standard InChI is InChI=1S/C10H17N/c1-11(2)10-6-8-4-3-5-9(8)7-10/h10H,3-7H2,1-2H3. The lowest BCUT2D eigenvalue weighted by atomic mass is 10.1. The van der Waals surface area contributed by atoms with Crippen LogP contribution in [-0.4, -0.2) is 25.0 Å². The summed E-state index contributed by atoms with van der Waals surface area (Å²) in [6.07, 6.45) is 6.97. The summed E-state index contributed by atoms with van der Waals surface area (Å²) < 4.78 is 0. The minimum absolute atomic E-state index is 0.834. The van der Waals surface area contributed by atoms with Crippen molar-refractivity contribution in [2.45, 2.75) is 38.1 Å². The van der Waals surface area contributed by atoms with Crippen LogP contribution < -0.4 is 0 Å². The highest BCUT2D eigenvalue weighted by Crippen LogP contribution is 2.39. The molecule has 0 aromatic heterocycles. The molecule has 2 aliphatic rings. The number of rotatable bonds is 1. The summed E-state index contributed by atoms with van der Waals surface area (Å²) >= 11 is 0. The van der Waals surface area contributed by atoms with Crippen LogP contribution in [0, 0.1) is 0 Å². The smallest absolute Gasteiger partial charge is 0.0164 e. The molecule has 62 valence electrons. The molecule has 2 rings (SSSR count). The Morgan fingerprint density at radius 2 is 1.64 bits per heavy atom. The van der Waals surface area contributed by atoms with E-state index in [0.717, 1.165) is 6.04 Å². The summed E-state index contributed by atoms with van der Waals surface area (Å²) in [4.78, 5) is 2.37. The second-order valence-electron chi connectivity index (χ2n) is 4.09. The van der Waals surface area contributed by atoms with Crippen molar-refractivity contribution < 1.29 is 0 Å². The average Bonchev–Trinajstić information content (AvgIpc) is 2.40. The van der Waals surface area contributed by atoms with Gasteiger partial charge in [0.05, 0.1) is 0 Å². The molecule has 0 radical (unpaired) electrons. The first-order valence-corrected chi connectivity index (χ1v) is 4.63. The Balaban J connectivity index is 2.01. The number of hydrogen-bond donors (Lipinski definition) is 0. The fourth-order valence-electron chi connectivity index (χ4n) is 2.37. The molecule has 1 nitrogen and oxygen atoms in total. The second-order valence-corrected chi connectivity index (χ2v) is 4.09. The van der Waals surface area contributed by atoms with Gasteiger partial charge in [0.15, 0.2) is 0 Å². The van der Waals surface area contributed by atoms with E-state index >= 15 is 0 Å². The molecule has 0 aromatic carbocycles. The van der Waals surface area contributed by atoms with E-state index in [1.165, 1.54) is 32.1 Å². The van der Waals surface area contributed by atoms with Crippen LogP contribution in [-0.2, 0) is 0 Å². The minimum Gasteiger partial charge on any atom is -0.306 e. The summed E-state index contributed by atoms with van der Waals surface area (Å²) in [5.74, 6) is 0. The van der Waals surface area contributed by atoms with E-state index in [0.29, 0.717) is 0 Å². The second kappa shape index (κ2) is 2.63. The molecular weight excluding hydrogens is 134 g/mol. The van der Waals surface area contributed by atoms with E-state index in [2.05, 4.69) is 19.0 Å². The largest absolute Gasteiger partial charge is 0.306 e. The molecule has 0 N–H and O–H groups in total. The Labute approximate surface area is 69.1 Å². The maximum atomic E-state index is 2.37. The van der Waals surface area contributed by atoms with Crippen molar-refractivity contribution in [1.29, 1.82) is 0 Å². The van der Waals surface area contributed by atoms with Gasteiger partial charge in [0.1, 0.15) is 0 Å². The maximum absolute atomic E-state index is 2.37. The lowest BCUT2D eigenvalue weighted by Crippen LogP contribution is -2.25. The van der Waals surface area contributed by atoms with Gasteiger partial charge < -0.3 is 4.90 Å². The van der Waals surface area contributed by atoms with E-state index < -0.39 is 0 Å². The Morgan fingerprint density at radius 1 is 1.09 bits per heavy atom. The molecule has 0 saturated carbocycles. The summed E-state index contributed by atoms with van der Waals surface area (Å²) in [6.45, 7) is 0. The molecule has 0 spiro atoms. The van der Waals surface area contributed by atoms with Crippen molar-refractivity contribution in [2.75, 3.05) is 14.1 Å². The number of hydrogen-bond acceptors (Lipinski definition) is 1. The molecule has 11 heavy (non-hydrogen) atoms. The molecule has 0 atom stereocenters. The first-order chi connectivity index (χ1) is 5.27. The zero-order chi connectivity index (χ0) is 7.84. The van der Waals surface area contributed by atoms with Gasteiger partial charge in [0, 0.05) is 6.04 Å². The van der Waals surface area contributed by atoms with Crippen molar-refractivity contribution >= 4 is 0 Å². The lowest BCUT2D eigenvalue weighted by molar-refractivity contribution is 0.298. The van der Waals surface area contributed by atoms with Crippen LogP contribution in [0.1, 0.15) is 32.1 Å². The van der Waals surface area contributed by atoms with Gasteiger partial charge in [-0.1, -0.05) is 11.1 Å². The highest BCUT2D eigenvalue weighted by Gasteiger charge is 2.27. The lowest BCUT2D eigenvalue weighted by Gasteiger charge is -2.20. The predicted molar refractivity (Wildman–Crippen MR) is 47.6 cm³/mol. The van der Waals surface area contributed by atoms with Crippen LogP contribution in [0.5, 0.6) is 0 Å². The molecule has 0 bridgehead atoms. The van der Waals surface area contributed by atoms with Crippen molar-refractivity contribution in [3.8, 4) is 0 Å². The molecular formula is C10H17N. The maximum Gasteiger partial charge on any atom is 0.0164 e. The monoisotopic (exact) mass is 151 g/mol. The van der Waals surface area contributed by atoms with Crippen molar-refractivity contribution in [3.63, 3.8) is 0 Å². The predicted octanol–water partition coefficient (Wildman–Crippen LogP) is 2.19. The summed E-state index contributed by atoms with van der Waals surface area (Å²) in [5.41, 5.74) is 3.59. The summed E-state index contributed by atoms with van der Waals surface area (Å²) in [7, 11) is 4.40. The van der Waals surface area contributed by atoms with E-state index in [9.17, 15) is 0 Å². The topological polar surface area (TPSA) is 3.24 Å². The highest BCUT2D eigenvalue weighted by atomic mass is 15.1. The zero-order valence-electron chi connectivity index (χ0n) is 7.56. The summed E-state index contributed by atoms with van der Waals surface area (Å²) in [6, 6.07) is 0.834. The molecule has 0 fully saturated rings. The normalized spacial score (nSPS) is 25.4. The quantitative estimate of drug-likeness (QED) is 0.519. The molecule has 0 heterocycles. The molecule has 0 aliphatic heterocycles. The van der Waals surface area contributed by atoms with Gasteiger partial charge in [-0.05, 0) is 46.2 Å². The third kappa shape index (κ3) is 1.22. The van der Waals surface area contributed by atoms with E-state index in [-0.39, 0.29) is 0 Å². The van der Waals surface area contributed by atoms with Crippen LogP contribution in [0.2, 0.25) is 0 Å². The van der Waals surface area contributed by atoms with Gasteiger partial charge >= 0.3 is 0 Å². The van der Waals surface area contributed by atoms with Crippen LogP contribution in [0.4, 0.5) is 0 Å².